The summed E-state index contributed by atoms with van der Waals surface area (Å²) in [6.07, 6.45) is 4.49. The van der Waals surface area contributed by atoms with Gasteiger partial charge in [-0.05, 0) is 17.2 Å². The van der Waals surface area contributed by atoms with Crippen molar-refractivity contribution in [1.82, 2.24) is 0 Å². The number of benzene rings is 1. The summed E-state index contributed by atoms with van der Waals surface area (Å²) in [4.78, 5) is 0. The topological polar surface area (TPSA) is 0 Å². The van der Waals surface area contributed by atoms with Crippen molar-refractivity contribution >= 4 is 12.2 Å². The molecule has 0 aliphatic carbocycles. The molecule has 0 saturated carbocycles. The van der Waals surface area contributed by atoms with Crippen LogP contribution < -0.4 is 0 Å². The standard InChI is InChI=1S/C12H13.Y/c1-4-10-7-11(5-2)9-12(6-3)8-10;/h4-5,7-9H,1-3,6H2;/q-1;. The first-order chi connectivity index (χ1) is 5.80. The third-order valence-corrected chi connectivity index (χ3v) is 1.80. The molecule has 0 aliphatic rings. The van der Waals surface area contributed by atoms with Crippen molar-refractivity contribution in [2.45, 2.75) is 6.42 Å². The monoisotopic (exact) mass is 246 g/mol. The average Bonchev–Trinajstić information content (AvgIpc) is 2.16. The van der Waals surface area contributed by atoms with Gasteiger partial charge in [0.15, 0.2) is 0 Å². The van der Waals surface area contributed by atoms with E-state index >= 15 is 0 Å². The molecule has 0 aliphatic heterocycles. The Morgan fingerprint density at radius 1 is 1.08 bits per heavy atom. The molecule has 13 heavy (non-hydrogen) atoms. The first-order valence-corrected chi connectivity index (χ1v) is 3.98. The Balaban J connectivity index is 0.00000144. The molecule has 0 fully saturated rings. The third kappa shape index (κ3) is 3.58. The SMILES string of the molecule is C=Cc1cc(C=C)cc(C[CH2-])c1.[Y]. The minimum absolute atomic E-state index is 0. The maximum Gasteiger partial charge on any atom is 0 e. The summed E-state index contributed by atoms with van der Waals surface area (Å²) in [6, 6.07) is 6.24. The molecule has 0 saturated heterocycles. The van der Waals surface area contributed by atoms with E-state index in [1.165, 1.54) is 5.56 Å². The van der Waals surface area contributed by atoms with Gasteiger partial charge in [-0.2, -0.15) is 6.42 Å². The molecule has 0 heterocycles. The van der Waals surface area contributed by atoms with Gasteiger partial charge in [0, 0.05) is 32.7 Å². The molecular weight excluding hydrogens is 233 g/mol. The van der Waals surface area contributed by atoms with Gasteiger partial charge >= 0.3 is 0 Å². The predicted molar refractivity (Wildman–Crippen MR) is 55.7 cm³/mol. The maximum atomic E-state index is 3.84. The fourth-order valence-electron chi connectivity index (χ4n) is 1.13. The molecule has 1 radical (unpaired) electrons. The number of hydrogen-bond donors (Lipinski definition) is 0. The predicted octanol–water partition coefficient (Wildman–Crippen LogP) is 3.35. The summed E-state index contributed by atoms with van der Waals surface area (Å²) >= 11 is 0. The molecule has 0 atom stereocenters. The Morgan fingerprint density at radius 2 is 1.54 bits per heavy atom. The minimum atomic E-state index is 0. The molecule has 0 nitrogen and oxygen atoms in total. The smallest absolute Gasteiger partial charge is 0 e. The van der Waals surface area contributed by atoms with E-state index in [2.05, 4.69) is 38.3 Å². The summed E-state index contributed by atoms with van der Waals surface area (Å²) in [6.45, 7) is 11.3. The van der Waals surface area contributed by atoms with Crippen LogP contribution in [0, 0.1) is 6.92 Å². The van der Waals surface area contributed by atoms with E-state index in [1.54, 1.807) is 0 Å². The first kappa shape index (κ1) is 12.8. The molecule has 0 unspecified atom stereocenters. The van der Waals surface area contributed by atoms with Gasteiger partial charge in [-0.15, -0.1) is 0 Å². The van der Waals surface area contributed by atoms with Crippen molar-refractivity contribution in [3.05, 3.63) is 55.0 Å². The molecule has 0 N–H and O–H groups in total. The van der Waals surface area contributed by atoms with Crippen molar-refractivity contribution in [3.8, 4) is 0 Å². The van der Waals surface area contributed by atoms with Crippen LogP contribution in [0.1, 0.15) is 16.7 Å². The second-order valence-electron chi connectivity index (χ2n) is 2.67. The van der Waals surface area contributed by atoms with Gasteiger partial charge < -0.3 is 6.92 Å². The van der Waals surface area contributed by atoms with Crippen LogP contribution >= 0.6 is 0 Å². The van der Waals surface area contributed by atoms with Crippen LogP contribution in [-0.4, -0.2) is 0 Å². The van der Waals surface area contributed by atoms with Gasteiger partial charge in [0.05, 0.1) is 0 Å². The van der Waals surface area contributed by atoms with Crippen LogP contribution in [0.25, 0.3) is 12.2 Å². The van der Waals surface area contributed by atoms with Gasteiger partial charge in [-0.25, -0.2) is 0 Å². The van der Waals surface area contributed by atoms with Crippen molar-refractivity contribution in [3.63, 3.8) is 0 Å². The van der Waals surface area contributed by atoms with E-state index in [-0.39, 0.29) is 32.7 Å². The van der Waals surface area contributed by atoms with Gasteiger partial charge in [-0.1, -0.05) is 43.0 Å². The minimum Gasteiger partial charge on any atom is -0.339 e. The van der Waals surface area contributed by atoms with Crippen LogP contribution in [-0.2, 0) is 39.1 Å². The molecule has 0 aromatic heterocycles. The average molecular weight is 246 g/mol. The number of rotatable bonds is 3. The summed E-state index contributed by atoms with van der Waals surface area (Å²) < 4.78 is 0. The maximum absolute atomic E-state index is 3.84. The molecule has 0 bridgehead atoms. The summed E-state index contributed by atoms with van der Waals surface area (Å²) in [7, 11) is 0. The van der Waals surface area contributed by atoms with Crippen LogP contribution in [0.15, 0.2) is 31.4 Å². The van der Waals surface area contributed by atoms with Gasteiger partial charge in [0.1, 0.15) is 0 Å². The summed E-state index contributed by atoms with van der Waals surface area (Å²) in [5.41, 5.74) is 3.49. The van der Waals surface area contributed by atoms with E-state index < -0.39 is 0 Å². The molecule has 1 rings (SSSR count). The van der Waals surface area contributed by atoms with E-state index in [9.17, 15) is 0 Å². The fraction of sp³-hybridized carbons (Fsp3) is 0.0833. The second kappa shape index (κ2) is 6.29. The molecule has 0 spiro atoms. The third-order valence-electron chi connectivity index (χ3n) is 1.80. The van der Waals surface area contributed by atoms with Crippen molar-refractivity contribution in [2.75, 3.05) is 0 Å². The van der Waals surface area contributed by atoms with E-state index in [0.717, 1.165) is 17.5 Å². The Bertz CT molecular complexity index is 274. The molecule has 65 valence electrons. The Morgan fingerprint density at radius 3 is 1.85 bits per heavy atom. The summed E-state index contributed by atoms with van der Waals surface area (Å²) in [5.74, 6) is 0. The molecule has 0 amide bonds. The zero-order valence-corrected chi connectivity index (χ0v) is 10.6. The normalized spacial score (nSPS) is 8.69. The van der Waals surface area contributed by atoms with E-state index in [4.69, 9.17) is 0 Å². The van der Waals surface area contributed by atoms with Crippen molar-refractivity contribution in [2.24, 2.45) is 0 Å². The van der Waals surface area contributed by atoms with E-state index in [1.807, 2.05) is 12.2 Å². The first-order valence-electron chi connectivity index (χ1n) is 3.98. The zero-order valence-electron chi connectivity index (χ0n) is 7.79. The van der Waals surface area contributed by atoms with Crippen LogP contribution in [0.4, 0.5) is 0 Å². The zero-order chi connectivity index (χ0) is 8.97. The number of hydrogen-bond acceptors (Lipinski definition) is 0. The van der Waals surface area contributed by atoms with Gasteiger partial charge in [-0.3, -0.25) is 0 Å². The van der Waals surface area contributed by atoms with Crippen molar-refractivity contribution in [1.29, 1.82) is 0 Å². The quantitative estimate of drug-likeness (QED) is 0.717. The Hall–Kier alpha value is -0.196. The van der Waals surface area contributed by atoms with Gasteiger partial charge in [0.25, 0.3) is 0 Å². The van der Waals surface area contributed by atoms with Crippen LogP contribution in [0.3, 0.4) is 0 Å². The van der Waals surface area contributed by atoms with Crippen molar-refractivity contribution < 1.29 is 32.7 Å². The van der Waals surface area contributed by atoms with Gasteiger partial charge in [0.2, 0.25) is 0 Å². The fourth-order valence-corrected chi connectivity index (χ4v) is 1.13. The Labute approximate surface area is 106 Å². The van der Waals surface area contributed by atoms with E-state index in [0.29, 0.717) is 0 Å². The molecule has 1 aromatic rings. The Kier molecular flexibility index (Phi) is 6.19. The molecular formula is C12H13Y-. The second-order valence-corrected chi connectivity index (χ2v) is 2.67. The van der Waals surface area contributed by atoms with Crippen LogP contribution in [0.5, 0.6) is 0 Å². The van der Waals surface area contributed by atoms with Crippen LogP contribution in [0.2, 0.25) is 0 Å². The largest absolute Gasteiger partial charge is 0.339 e. The summed E-state index contributed by atoms with van der Waals surface area (Å²) in [5, 5.41) is 0. The molecule has 1 heteroatoms. The molecule has 1 aromatic carbocycles.